The Morgan fingerprint density at radius 3 is 2.67 bits per heavy atom. The summed E-state index contributed by atoms with van der Waals surface area (Å²) in [7, 11) is 0. The van der Waals surface area contributed by atoms with Gasteiger partial charge in [0.2, 0.25) is 0 Å². The monoisotopic (exact) mass is 282 g/mol. The standard InChI is InChI=1S/C11H17F3N2OS/c1-7(8(2)15)9-5-18-10(16-9)3-4-17-6-11(12,13)14/h5,7-8H,3-4,6,15H2,1-2H3. The van der Waals surface area contributed by atoms with Crippen LogP contribution in [0.25, 0.3) is 0 Å². The van der Waals surface area contributed by atoms with Crippen molar-refractivity contribution in [2.45, 2.75) is 38.4 Å². The maximum atomic E-state index is 11.8. The van der Waals surface area contributed by atoms with E-state index >= 15 is 0 Å². The number of hydrogen-bond donors (Lipinski definition) is 1. The maximum absolute atomic E-state index is 11.8. The van der Waals surface area contributed by atoms with Crippen LogP contribution in [0.5, 0.6) is 0 Å². The molecule has 1 heterocycles. The van der Waals surface area contributed by atoms with Crippen molar-refractivity contribution in [3.8, 4) is 0 Å². The summed E-state index contributed by atoms with van der Waals surface area (Å²) >= 11 is 1.43. The fourth-order valence-electron chi connectivity index (χ4n) is 1.27. The first kappa shape index (κ1) is 15.4. The molecule has 2 N–H and O–H groups in total. The van der Waals surface area contributed by atoms with Crippen LogP contribution in [-0.2, 0) is 11.2 Å². The molecule has 0 aliphatic rings. The number of rotatable bonds is 6. The summed E-state index contributed by atoms with van der Waals surface area (Å²) in [5.74, 6) is 0.145. The number of aromatic nitrogens is 1. The number of hydrogen-bond acceptors (Lipinski definition) is 4. The molecule has 0 aromatic carbocycles. The lowest BCUT2D eigenvalue weighted by molar-refractivity contribution is -0.173. The molecule has 1 aromatic rings. The Bertz CT molecular complexity index is 365. The van der Waals surface area contributed by atoms with Gasteiger partial charge < -0.3 is 10.5 Å². The second kappa shape index (κ2) is 6.49. The van der Waals surface area contributed by atoms with Crippen molar-refractivity contribution in [2.75, 3.05) is 13.2 Å². The molecule has 18 heavy (non-hydrogen) atoms. The minimum absolute atomic E-state index is 0.00132. The van der Waals surface area contributed by atoms with Gasteiger partial charge in [0, 0.05) is 23.8 Å². The van der Waals surface area contributed by atoms with Crippen molar-refractivity contribution in [1.82, 2.24) is 4.98 Å². The van der Waals surface area contributed by atoms with E-state index in [0.717, 1.165) is 10.7 Å². The molecule has 2 atom stereocenters. The number of thiazole rings is 1. The van der Waals surface area contributed by atoms with Gasteiger partial charge in [-0.3, -0.25) is 0 Å². The smallest absolute Gasteiger partial charge is 0.372 e. The topological polar surface area (TPSA) is 48.1 Å². The summed E-state index contributed by atoms with van der Waals surface area (Å²) in [6.07, 6.45) is -3.87. The molecule has 104 valence electrons. The van der Waals surface area contributed by atoms with Gasteiger partial charge in [0.15, 0.2) is 0 Å². The van der Waals surface area contributed by atoms with Gasteiger partial charge in [-0.1, -0.05) is 6.92 Å². The second-order valence-electron chi connectivity index (χ2n) is 4.23. The fraction of sp³-hybridized carbons (Fsp3) is 0.727. The van der Waals surface area contributed by atoms with Gasteiger partial charge in [-0.2, -0.15) is 13.2 Å². The maximum Gasteiger partial charge on any atom is 0.411 e. The van der Waals surface area contributed by atoms with Crippen molar-refractivity contribution in [3.63, 3.8) is 0 Å². The van der Waals surface area contributed by atoms with Gasteiger partial charge in [0.1, 0.15) is 6.61 Å². The van der Waals surface area contributed by atoms with E-state index in [-0.39, 0.29) is 18.6 Å². The normalized spacial score (nSPS) is 15.7. The number of nitrogens with zero attached hydrogens (tertiary/aromatic N) is 1. The van der Waals surface area contributed by atoms with Crippen molar-refractivity contribution < 1.29 is 17.9 Å². The van der Waals surface area contributed by atoms with Crippen molar-refractivity contribution in [2.24, 2.45) is 5.73 Å². The van der Waals surface area contributed by atoms with Gasteiger partial charge in [0.25, 0.3) is 0 Å². The lowest BCUT2D eigenvalue weighted by atomic mass is 10.0. The Morgan fingerprint density at radius 2 is 2.11 bits per heavy atom. The summed E-state index contributed by atoms with van der Waals surface area (Å²) in [6.45, 7) is 2.69. The number of ether oxygens (including phenoxy) is 1. The summed E-state index contributed by atoms with van der Waals surface area (Å²) in [6, 6.07) is 0.00132. The lowest BCUT2D eigenvalue weighted by Crippen LogP contribution is -2.22. The third-order valence-electron chi connectivity index (χ3n) is 2.55. The molecule has 0 saturated heterocycles. The first-order chi connectivity index (χ1) is 8.29. The van der Waals surface area contributed by atoms with Crippen LogP contribution in [0.4, 0.5) is 13.2 Å². The van der Waals surface area contributed by atoms with Crippen molar-refractivity contribution in [3.05, 3.63) is 16.1 Å². The molecule has 0 fully saturated rings. The van der Waals surface area contributed by atoms with Crippen LogP contribution in [0.15, 0.2) is 5.38 Å². The minimum atomic E-state index is -4.27. The van der Waals surface area contributed by atoms with Crippen LogP contribution in [0.1, 0.15) is 30.5 Å². The van der Waals surface area contributed by atoms with E-state index in [4.69, 9.17) is 5.73 Å². The molecule has 2 unspecified atom stereocenters. The third kappa shape index (κ3) is 5.32. The van der Waals surface area contributed by atoms with Gasteiger partial charge in [-0.05, 0) is 6.92 Å². The SMILES string of the molecule is CC(N)C(C)c1csc(CCOCC(F)(F)F)n1. The number of nitrogens with two attached hydrogens (primary N) is 1. The Balaban J connectivity index is 2.36. The average Bonchev–Trinajstić information content (AvgIpc) is 2.70. The summed E-state index contributed by atoms with van der Waals surface area (Å²) in [5.41, 5.74) is 6.65. The Hall–Kier alpha value is -0.660. The van der Waals surface area contributed by atoms with E-state index in [9.17, 15) is 13.2 Å². The van der Waals surface area contributed by atoms with Crippen LogP contribution in [-0.4, -0.2) is 30.4 Å². The molecule has 0 bridgehead atoms. The van der Waals surface area contributed by atoms with E-state index in [0.29, 0.717) is 6.42 Å². The van der Waals surface area contributed by atoms with E-state index < -0.39 is 12.8 Å². The van der Waals surface area contributed by atoms with Crippen molar-refractivity contribution in [1.29, 1.82) is 0 Å². The molecule has 0 aliphatic heterocycles. The molecule has 1 aromatic heterocycles. The van der Waals surface area contributed by atoms with Gasteiger partial charge in [0.05, 0.1) is 17.3 Å². The predicted octanol–water partition coefficient (Wildman–Crippen LogP) is 2.72. The summed E-state index contributed by atoms with van der Waals surface area (Å²) in [4.78, 5) is 4.34. The highest BCUT2D eigenvalue weighted by Gasteiger charge is 2.27. The highest BCUT2D eigenvalue weighted by atomic mass is 32.1. The first-order valence-corrected chi connectivity index (χ1v) is 6.52. The van der Waals surface area contributed by atoms with E-state index in [2.05, 4.69) is 9.72 Å². The molecule has 1 rings (SSSR count). The summed E-state index contributed by atoms with van der Waals surface area (Å²) in [5, 5.41) is 2.67. The third-order valence-corrected chi connectivity index (χ3v) is 3.48. The minimum Gasteiger partial charge on any atom is -0.372 e. The Kier molecular flexibility index (Phi) is 5.55. The fourth-order valence-corrected chi connectivity index (χ4v) is 2.15. The van der Waals surface area contributed by atoms with Crippen LogP contribution >= 0.6 is 11.3 Å². The van der Waals surface area contributed by atoms with E-state index in [1.54, 1.807) is 0 Å². The molecular weight excluding hydrogens is 265 g/mol. The Labute approximate surface area is 108 Å². The largest absolute Gasteiger partial charge is 0.411 e. The average molecular weight is 282 g/mol. The van der Waals surface area contributed by atoms with E-state index in [1.807, 2.05) is 19.2 Å². The van der Waals surface area contributed by atoms with Crippen molar-refractivity contribution >= 4 is 11.3 Å². The highest BCUT2D eigenvalue weighted by Crippen LogP contribution is 2.21. The molecule has 7 heteroatoms. The quantitative estimate of drug-likeness (QED) is 0.816. The zero-order valence-electron chi connectivity index (χ0n) is 10.3. The zero-order valence-corrected chi connectivity index (χ0v) is 11.1. The van der Waals surface area contributed by atoms with Gasteiger partial charge in [-0.15, -0.1) is 11.3 Å². The van der Waals surface area contributed by atoms with Gasteiger partial charge in [-0.25, -0.2) is 4.98 Å². The lowest BCUT2D eigenvalue weighted by Gasteiger charge is -2.12. The number of alkyl halides is 3. The number of halogens is 3. The van der Waals surface area contributed by atoms with E-state index in [1.165, 1.54) is 11.3 Å². The Morgan fingerprint density at radius 1 is 1.44 bits per heavy atom. The molecular formula is C11H17F3N2OS. The van der Waals surface area contributed by atoms with Gasteiger partial charge >= 0.3 is 6.18 Å². The summed E-state index contributed by atoms with van der Waals surface area (Å²) < 4.78 is 40.0. The molecule has 0 amide bonds. The van der Waals surface area contributed by atoms with Crippen LogP contribution in [0.3, 0.4) is 0 Å². The molecule has 0 radical (unpaired) electrons. The van der Waals surface area contributed by atoms with Crippen LogP contribution in [0, 0.1) is 0 Å². The highest BCUT2D eigenvalue weighted by molar-refractivity contribution is 7.09. The first-order valence-electron chi connectivity index (χ1n) is 5.64. The predicted molar refractivity (Wildman–Crippen MR) is 64.8 cm³/mol. The second-order valence-corrected chi connectivity index (χ2v) is 5.17. The molecule has 0 saturated carbocycles. The molecule has 0 spiro atoms. The van der Waals surface area contributed by atoms with Crippen LogP contribution < -0.4 is 5.73 Å². The molecule has 3 nitrogen and oxygen atoms in total. The van der Waals surface area contributed by atoms with Crippen LogP contribution in [0.2, 0.25) is 0 Å². The zero-order chi connectivity index (χ0) is 13.8. The molecule has 0 aliphatic carbocycles.